The molecular weight excluding hydrogens is 552 g/mol. The number of piperidine rings is 1. The lowest BCUT2D eigenvalue weighted by atomic mass is 10.00. The van der Waals surface area contributed by atoms with E-state index in [4.69, 9.17) is 23.7 Å². The highest BCUT2D eigenvalue weighted by atomic mass is 32.1. The highest BCUT2D eigenvalue weighted by Gasteiger charge is 2.43. The van der Waals surface area contributed by atoms with Crippen LogP contribution in [0.1, 0.15) is 66.1 Å². The Hall–Kier alpha value is -3.57. The number of thiazole rings is 1. The first-order valence-corrected chi connectivity index (χ1v) is 14.7. The molecule has 7 rings (SSSR count). The molecule has 2 aromatic carbocycles. The third kappa shape index (κ3) is 4.64. The summed E-state index contributed by atoms with van der Waals surface area (Å²) < 4.78 is 52.7. The topological polar surface area (TPSA) is 86.9 Å². The molecule has 0 spiro atoms. The maximum Gasteiger partial charge on any atom is 0.338 e. The Balaban J connectivity index is 1.11. The monoisotopic (exact) mass is 581 g/mol. The van der Waals surface area contributed by atoms with Crippen LogP contribution in [0.5, 0.6) is 5.75 Å². The highest BCUT2D eigenvalue weighted by molar-refractivity contribution is 7.22. The van der Waals surface area contributed by atoms with Crippen LogP contribution in [-0.4, -0.2) is 48.5 Å². The number of hydrogen-bond acceptors (Lipinski definition) is 9. The Morgan fingerprint density at radius 3 is 2.49 bits per heavy atom. The van der Waals surface area contributed by atoms with Crippen LogP contribution in [0.25, 0.3) is 21.5 Å². The summed E-state index contributed by atoms with van der Waals surface area (Å²) in [5.41, 5.74) is 1.82. The first kappa shape index (κ1) is 26.3. The van der Waals surface area contributed by atoms with Crippen molar-refractivity contribution in [2.75, 3.05) is 19.1 Å². The number of fused-ring (bicyclic) bond motifs is 3. The predicted octanol–water partition coefficient (Wildman–Crippen LogP) is 6.62. The van der Waals surface area contributed by atoms with Crippen molar-refractivity contribution in [2.24, 2.45) is 0 Å². The van der Waals surface area contributed by atoms with E-state index in [2.05, 4.69) is 10.1 Å². The molecule has 8 nitrogen and oxygen atoms in total. The van der Waals surface area contributed by atoms with Gasteiger partial charge in [-0.3, -0.25) is 0 Å². The van der Waals surface area contributed by atoms with Crippen molar-refractivity contribution in [2.45, 2.75) is 69.2 Å². The minimum absolute atomic E-state index is 0.0149. The van der Waals surface area contributed by atoms with Crippen LogP contribution in [-0.2, 0) is 16.1 Å². The second-order valence-corrected chi connectivity index (χ2v) is 12.0. The number of ether oxygens (including phenoxy) is 3. The number of carbonyl (C=O) groups excluding carboxylic acids is 1. The van der Waals surface area contributed by atoms with Gasteiger partial charge in [0.1, 0.15) is 34.4 Å². The van der Waals surface area contributed by atoms with E-state index in [9.17, 15) is 13.6 Å². The lowest BCUT2D eigenvalue weighted by Gasteiger charge is -2.38. The third-order valence-corrected chi connectivity index (χ3v) is 9.45. The van der Waals surface area contributed by atoms with Gasteiger partial charge in [-0.2, -0.15) is 0 Å². The van der Waals surface area contributed by atoms with Crippen LogP contribution >= 0.6 is 11.3 Å². The number of nitrogens with zero attached hydrogens (tertiary/aromatic N) is 3. The third-order valence-electron chi connectivity index (χ3n) is 8.43. The summed E-state index contributed by atoms with van der Waals surface area (Å²) >= 11 is 1.54. The maximum absolute atomic E-state index is 14.7. The van der Waals surface area contributed by atoms with E-state index in [1.165, 1.54) is 25.3 Å². The zero-order valence-corrected chi connectivity index (χ0v) is 23.5. The second-order valence-electron chi connectivity index (χ2n) is 11.0. The summed E-state index contributed by atoms with van der Waals surface area (Å²) in [4.78, 5) is 19.5. The Bertz CT molecular complexity index is 1600. The molecule has 1 unspecified atom stereocenters. The van der Waals surface area contributed by atoms with Gasteiger partial charge in [0, 0.05) is 23.6 Å². The van der Waals surface area contributed by atoms with E-state index < -0.39 is 17.6 Å². The van der Waals surface area contributed by atoms with E-state index in [0.29, 0.717) is 22.6 Å². The maximum atomic E-state index is 14.7. The largest absolute Gasteiger partial charge is 0.494 e. The Morgan fingerprint density at radius 2 is 1.83 bits per heavy atom. The first-order chi connectivity index (χ1) is 19.9. The molecule has 2 aromatic heterocycles. The number of anilines is 1. The molecule has 2 aliphatic heterocycles. The molecule has 0 radical (unpaired) electrons. The van der Waals surface area contributed by atoms with Gasteiger partial charge in [-0.15, -0.1) is 0 Å². The normalized spacial score (nSPS) is 22.0. The van der Waals surface area contributed by atoms with Crippen molar-refractivity contribution in [1.82, 2.24) is 10.1 Å². The van der Waals surface area contributed by atoms with Crippen molar-refractivity contribution in [3.63, 3.8) is 0 Å². The number of aromatic nitrogens is 2. The fourth-order valence-electron chi connectivity index (χ4n) is 6.31. The number of benzene rings is 2. The van der Waals surface area contributed by atoms with E-state index in [1.807, 2.05) is 0 Å². The van der Waals surface area contributed by atoms with Crippen LogP contribution in [0.4, 0.5) is 13.9 Å². The predicted molar refractivity (Wildman–Crippen MR) is 148 cm³/mol. The van der Waals surface area contributed by atoms with Crippen molar-refractivity contribution in [1.29, 1.82) is 0 Å². The van der Waals surface area contributed by atoms with Crippen LogP contribution in [0.3, 0.4) is 0 Å². The molecule has 3 atom stereocenters. The minimum atomic E-state index is -0.667. The Kier molecular flexibility index (Phi) is 6.66. The zero-order chi connectivity index (χ0) is 28.2. The summed E-state index contributed by atoms with van der Waals surface area (Å²) in [5, 5.41) is 5.00. The number of methoxy groups -OCH3 is 2. The van der Waals surface area contributed by atoms with Crippen LogP contribution in [0, 0.1) is 11.6 Å². The molecule has 11 heteroatoms. The number of rotatable bonds is 8. The van der Waals surface area contributed by atoms with Gasteiger partial charge in [0.2, 0.25) is 0 Å². The standard InChI is InChI=1S/C30H29F2N3O5S/c1-37-23-10-16(29(36)38-2)11-24-27(23)33-30(41-24)35-17-8-9-18(35)13-19(12-17)39-14-20-26(34-40-28(20)15-6-7-15)25-21(31)4-3-5-22(25)32/h3-5,10-11,15,17-19H,6-9,12-14H2,1-2H3/t17-,18+,19?. The van der Waals surface area contributed by atoms with E-state index >= 15 is 0 Å². The van der Waals surface area contributed by atoms with Gasteiger partial charge in [0.25, 0.3) is 0 Å². The fraction of sp³-hybridized carbons (Fsp3) is 0.433. The summed E-state index contributed by atoms with van der Waals surface area (Å²) in [6.07, 6.45) is 5.60. The van der Waals surface area contributed by atoms with Gasteiger partial charge in [0.15, 0.2) is 5.13 Å². The number of esters is 1. The molecule has 3 aliphatic rings. The SMILES string of the molecule is COC(=O)c1cc(OC)c2nc(N3[C@@H]4CC[C@H]3CC(OCc3c(-c5c(F)cccc5F)noc3C3CC3)C4)sc2c1. The van der Waals surface area contributed by atoms with E-state index in [0.717, 1.165) is 53.9 Å². The lowest BCUT2D eigenvalue weighted by molar-refractivity contribution is 0.0147. The van der Waals surface area contributed by atoms with Crippen molar-refractivity contribution in [3.8, 4) is 17.0 Å². The fourth-order valence-corrected chi connectivity index (χ4v) is 7.48. The van der Waals surface area contributed by atoms with Crippen LogP contribution in [0.15, 0.2) is 34.9 Å². The van der Waals surface area contributed by atoms with Gasteiger partial charge in [-0.25, -0.2) is 18.6 Å². The van der Waals surface area contributed by atoms with Crippen molar-refractivity contribution < 1.29 is 32.3 Å². The van der Waals surface area contributed by atoms with E-state index in [1.54, 1.807) is 30.6 Å². The van der Waals surface area contributed by atoms with Gasteiger partial charge in [0.05, 0.1) is 42.8 Å². The molecule has 214 valence electrons. The second kappa shape index (κ2) is 10.4. The average Bonchev–Trinajstić information content (AvgIpc) is 3.50. The molecule has 0 amide bonds. The minimum Gasteiger partial charge on any atom is -0.494 e. The first-order valence-electron chi connectivity index (χ1n) is 13.8. The molecule has 2 saturated heterocycles. The van der Waals surface area contributed by atoms with Gasteiger partial charge in [-0.05, 0) is 62.8 Å². The van der Waals surface area contributed by atoms with Gasteiger partial charge in [-0.1, -0.05) is 22.6 Å². The molecule has 4 heterocycles. The number of carbonyl (C=O) groups is 1. The lowest BCUT2D eigenvalue weighted by Crippen LogP contribution is -2.45. The summed E-state index contributed by atoms with van der Waals surface area (Å²) in [5.74, 6) is -0.315. The van der Waals surface area contributed by atoms with Gasteiger partial charge < -0.3 is 23.6 Å². The molecule has 0 N–H and O–H groups in total. The summed E-state index contributed by atoms with van der Waals surface area (Å²) in [7, 11) is 2.92. The average molecular weight is 582 g/mol. The highest BCUT2D eigenvalue weighted by Crippen LogP contribution is 2.47. The summed E-state index contributed by atoms with van der Waals surface area (Å²) in [6.45, 7) is 0.192. The Labute approximate surface area is 239 Å². The van der Waals surface area contributed by atoms with Gasteiger partial charge >= 0.3 is 5.97 Å². The van der Waals surface area contributed by atoms with Crippen molar-refractivity contribution in [3.05, 3.63) is 58.9 Å². The van der Waals surface area contributed by atoms with Crippen LogP contribution < -0.4 is 9.64 Å². The van der Waals surface area contributed by atoms with E-state index in [-0.39, 0.29) is 42.0 Å². The molecule has 2 bridgehead atoms. The zero-order valence-electron chi connectivity index (χ0n) is 22.7. The van der Waals surface area contributed by atoms with Crippen LogP contribution in [0.2, 0.25) is 0 Å². The number of hydrogen-bond donors (Lipinski definition) is 0. The molecule has 4 aromatic rings. The molecule has 1 aliphatic carbocycles. The molecule has 3 fully saturated rings. The Morgan fingerprint density at radius 1 is 1.10 bits per heavy atom. The van der Waals surface area contributed by atoms with Crippen molar-refractivity contribution >= 4 is 32.7 Å². The summed E-state index contributed by atoms with van der Waals surface area (Å²) in [6, 6.07) is 7.77. The number of halogens is 2. The molecule has 1 saturated carbocycles. The quantitative estimate of drug-likeness (QED) is 0.215. The smallest absolute Gasteiger partial charge is 0.338 e. The molecule has 41 heavy (non-hydrogen) atoms. The molecular formula is C30H29F2N3O5S.